The zero-order chi connectivity index (χ0) is 18.0. The Morgan fingerprint density at radius 1 is 1.04 bits per heavy atom. The molecule has 0 radical (unpaired) electrons. The minimum Gasteiger partial charge on any atom is -0.392 e. The third kappa shape index (κ3) is 2.73. The van der Waals surface area contributed by atoms with Gasteiger partial charge in [-0.15, -0.1) is 0 Å². The fourth-order valence-corrected chi connectivity index (χ4v) is 4.42. The average molecular weight is 351 g/mol. The molecule has 25 heavy (non-hydrogen) atoms. The highest BCUT2D eigenvalue weighted by molar-refractivity contribution is 8.06. The first-order chi connectivity index (χ1) is 12.0. The number of carbonyl (C=O) groups is 1. The Morgan fingerprint density at radius 2 is 1.56 bits per heavy atom. The molecule has 1 aromatic carbocycles. The number of likely N-dealkylation sites (tertiary alicyclic amines) is 1. The monoisotopic (exact) mass is 351 g/mol. The van der Waals surface area contributed by atoms with Crippen LogP contribution in [0.5, 0.6) is 0 Å². The molecule has 1 spiro atoms. The molecule has 6 nitrogen and oxygen atoms in total. The molecule has 0 unspecified atom stereocenters. The van der Waals surface area contributed by atoms with E-state index in [-0.39, 0.29) is 5.91 Å². The highest BCUT2D eigenvalue weighted by atomic mass is 32.2. The van der Waals surface area contributed by atoms with Crippen LogP contribution in [0.2, 0.25) is 0 Å². The molecule has 0 bridgehead atoms. The number of amides is 1. The fourth-order valence-electron chi connectivity index (χ4n) is 3.50. The van der Waals surface area contributed by atoms with E-state index < -0.39 is 5.41 Å². The molecular weight excluding hydrogens is 334 g/mol. The Kier molecular flexibility index (Phi) is 4.43. The summed E-state index contributed by atoms with van der Waals surface area (Å²) in [6.45, 7) is 0.880. The number of benzene rings is 1. The topological polar surface area (TPSA) is 120 Å². The maximum Gasteiger partial charge on any atom is 0.253 e. The van der Waals surface area contributed by atoms with Gasteiger partial charge in [0.25, 0.3) is 5.91 Å². The second-order valence-electron chi connectivity index (χ2n) is 6.04. The van der Waals surface area contributed by atoms with Crippen LogP contribution in [0.1, 0.15) is 23.2 Å². The third-order valence-electron chi connectivity index (χ3n) is 4.82. The van der Waals surface area contributed by atoms with Gasteiger partial charge in [0.15, 0.2) is 0 Å². The Balaban J connectivity index is 1.89. The second kappa shape index (κ2) is 6.54. The van der Waals surface area contributed by atoms with Crippen LogP contribution in [-0.2, 0) is 0 Å². The first kappa shape index (κ1) is 16.9. The predicted molar refractivity (Wildman–Crippen MR) is 95.3 cm³/mol. The largest absolute Gasteiger partial charge is 0.392 e. The third-order valence-corrected chi connectivity index (χ3v) is 5.67. The lowest BCUT2D eigenvalue weighted by atomic mass is 9.68. The Labute approximate surface area is 150 Å². The van der Waals surface area contributed by atoms with Gasteiger partial charge in [-0.1, -0.05) is 30.0 Å². The van der Waals surface area contributed by atoms with E-state index in [1.165, 1.54) is 0 Å². The van der Waals surface area contributed by atoms with Gasteiger partial charge >= 0.3 is 0 Å². The summed E-state index contributed by atoms with van der Waals surface area (Å²) in [4.78, 5) is 14.4. The standard InChI is InChI=1S/C18H17N5OS/c19-10-13-15(21)25-16(22)14(11-20)18(13)6-8-23(9-7-18)17(24)12-4-2-1-3-5-12/h1-5H,6-9,21-22H2. The number of hydrogen-bond acceptors (Lipinski definition) is 6. The van der Waals surface area contributed by atoms with Crippen LogP contribution < -0.4 is 11.5 Å². The fraction of sp³-hybridized carbons (Fsp3) is 0.278. The molecule has 0 aliphatic carbocycles. The lowest BCUT2D eigenvalue weighted by Gasteiger charge is -2.43. The Morgan fingerprint density at radius 3 is 2.04 bits per heavy atom. The van der Waals surface area contributed by atoms with Crippen molar-refractivity contribution in [2.24, 2.45) is 16.9 Å². The molecular formula is C18H17N5OS. The molecule has 0 aromatic heterocycles. The summed E-state index contributed by atoms with van der Waals surface area (Å²) >= 11 is 1.07. The van der Waals surface area contributed by atoms with E-state index >= 15 is 0 Å². The van der Waals surface area contributed by atoms with Crippen LogP contribution in [0, 0.1) is 28.1 Å². The number of piperidine rings is 1. The molecule has 1 aromatic rings. The van der Waals surface area contributed by atoms with E-state index in [4.69, 9.17) is 11.5 Å². The average Bonchev–Trinajstić information content (AvgIpc) is 2.63. The molecule has 4 N–H and O–H groups in total. The minimum absolute atomic E-state index is 0.0495. The number of nitriles is 2. The van der Waals surface area contributed by atoms with Crippen molar-refractivity contribution in [3.05, 3.63) is 57.1 Å². The van der Waals surface area contributed by atoms with Crippen molar-refractivity contribution in [3.63, 3.8) is 0 Å². The number of nitrogens with two attached hydrogens (primary N) is 2. The molecule has 7 heteroatoms. The number of carbonyl (C=O) groups excluding carboxylic acids is 1. The van der Waals surface area contributed by atoms with Crippen molar-refractivity contribution in [1.29, 1.82) is 10.5 Å². The smallest absolute Gasteiger partial charge is 0.253 e. The summed E-state index contributed by atoms with van der Waals surface area (Å²) in [6, 6.07) is 13.4. The number of hydrogen-bond donors (Lipinski definition) is 2. The summed E-state index contributed by atoms with van der Waals surface area (Å²) in [7, 11) is 0. The summed E-state index contributed by atoms with van der Waals surface area (Å²) < 4.78 is 0. The van der Waals surface area contributed by atoms with Gasteiger partial charge in [0.1, 0.15) is 0 Å². The van der Waals surface area contributed by atoms with Crippen LogP contribution >= 0.6 is 11.8 Å². The maximum absolute atomic E-state index is 12.6. The van der Waals surface area contributed by atoms with Crippen molar-refractivity contribution in [2.45, 2.75) is 12.8 Å². The van der Waals surface area contributed by atoms with Gasteiger partial charge in [-0.2, -0.15) is 10.5 Å². The normalized spacial score (nSPS) is 19.5. The number of rotatable bonds is 1. The van der Waals surface area contributed by atoms with E-state index in [2.05, 4.69) is 12.1 Å². The molecule has 1 fully saturated rings. The molecule has 2 aliphatic rings. The zero-order valence-electron chi connectivity index (χ0n) is 13.5. The van der Waals surface area contributed by atoms with Crippen molar-refractivity contribution in [2.75, 3.05) is 13.1 Å². The molecule has 126 valence electrons. The van der Waals surface area contributed by atoms with Gasteiger partial charge in [-0.3, -0.25) is 4.79 Å². The minimum atomic E-state index is -0.781. The van der Waals surface area contributed by atoms with Crippen molar-refractivity contribution >= 4 is 17.7 Å². The lowest BCUT2D eigenvalue weighted by molar-refractivity contribution is 0.0664. The summed E-state index contributed by atoms with van der Waals surface area (Å²) in [5, 5.41) is 19.9. The quantitative estimate of drug-likeness (QED) is 0.799. The van der Waals surface area contributed by atoms with Crippen LogP contribution in [0.3, 0.4) is 0 Å². The van der Waals surface area contributed by atoms with E-state index in [9.17, 15) is 15.3 Å². The number of thioether (sulfide) groups is 1. The molecule has 2 aliphatic heterocycles. The molecule has 1 saturated heterocycles. The van der Waals surface area contributed by atoms with Crippen LogP contribution in [0.4, 0.5) is 0 Å². The predicted octanol–water partition coefficient (Wildman–Crippen LogP) is 2.04. The summed E-state index contributed by atoms with van der Waals surface area (Å²) in [5.41, 5.74) is 12.7. The molecule has 3 rings (SSSR count). The molecule has 0 atom stereocenters. The van der Waals surface area contributed by atoms with Crippen molar-refractivity contribution in [1.82, 2.24) is 4.90 Å². The van der Waals surface area contributed by atoms with Gasteiger partial charge in [0.05, 0.1) is 33.3 Å². The van der Waals surface area contributed by atoms with Gasteiger partial charge < -0.3 is 16.4 Å². The van der Waals surface area contributed by atoms with E-state index in [1.807, 2.05) is 18.2 Å². The first-order valence-electron chi connectivity index (χ1n) is 7.86. The Hall–Kier alpha value is -2.90. The van der Waals surface area contributed by atoms with Gasteiger partial charge in [-0.05, 0) is 25.0 Å². The maximum atomic E-state index is 12.6. The van der Waals surface area contributed by atoms with Crippen LogP contribution in [-0.4, -0.2) is 23.9 Å². The van der Waals surface area contributed by atoms with Crippen LogP contribution in [0.25, 0.3) is 0 Å². The Bertz CT molecular complexity index is 814. The van der Waals surface area contributed by atoms with Crippen molar-refractivity contribution < 1.29 is 4.79 Å². The van der Waals surface area contributed by atoms with Crippen LogP contribution in [0.15, 0.2) is 51.5 Å². The number of nitrogens with zero attached hydrogens (tertiary/aromatic N) is 3. The van der Waals surface area contributed by atoms with Gasteiger partial charge in [0.2, 0.25) is 0 Å². The first-order valence-corrected chi connectivity index (χ1v) is 8.68. The highest BCUT2D eigenvalue weighted by Crippen LogP contribution is 2.52. The zero-order valence-corrected chi connectivity index (χ0v) is 14.3. The summed E-state index contributed by atoms with van der Waals surface area (Å²) in [5.74, 6) is -0.0495. The van der Waals surface area contributed by atoms with E-state index in [1.54, 1.807) is 17.0 Å². The molecule has 0 saturated carbocycles. The highest BCUT2D eigenvalue weighted by Gasteiger charge is 2.47. The summed E-state index contributed by atoms with van der Waals surface area (Å²) in [6.07, 6.45) is 0.915. The van der Waals surface area contributed by atoms with Gasteiger partial charge in [-0.25, -0.2) is 0 Å². The second-order valence-corrected chi connectivity index (χ2v) is 7.13. The SMILES string of the molecule is N#CC1=C(N)SC(N)=C(C#N)C12CCN(C(=O)c1ccccc1)CC2. The molecule has 1 amide bonds. The van der Waals surface area contributed by atoms with Crippen molar-refractivity contribution in [3.8, 4) is 12.1 Å². The molecule has 2 heterocycles. The lowest BCUT2D eigenvalue weighted by Crippen LogP contribution is -2.46. The van der Waals surface area contributed by atoms with E-state index in [0.717, 1.165) is 11.8 Å². The van der Waals surface area contributed by atoms with Gasteiger partial charge in [0, 0.05) is 24.1 Å². The van der Waals surface area contributed by atoms with E-state index in [0.29, 0.717) is 52.7 Å². The number of allylic oxidation sites excluding steroid dienone is 2.